The molecule has 0 unspecified atom stereocenters. The Morgan fingerprint density at radius 2 is 2.11 bits per heavy atom. The van der Waals surface area contributed by atoms with E-state index in [4.69, 9.17) is 4.42 Å². The van der Waals surface area contributed by atoms with Crippen LogP contribution in [0.4, 0.5) is 5.69 Å². The normalized spacial score (nSPS) is 10.7. The Bertz CT molecular complexity index is 673. The van der Waals surface area contributed by atoms with E-state index >= 15 is 0 Å². The molecular weight excluding hydrogens is 339 g/mol. The molecule has 0 saturated heterocycles. The molecule has 2 aromatic heterocycles. The molecule has 0 aliphatic heterocycles. The monoisotopic (exact) mass is 350 g/mol. The third-order valence-corrected chi connectivity index (χ3v) is 3.35. The molecule has 0 amide bonds. The number of aromatic nitrogens is 1. The van der Waals surface area contributed by atoms with E-state index in [1.165, 1.54) is 5.39 Å². The lowest BCUT2D eigenvalue weighted by atomic mass is 10.1. The second-order valence-corrected chi connectivity index (χ2v) is 5.02. The summed E-state index contributed by atoms with van der Waals surface area (Å²) in [4.78, 5) is 4.17. The fourth-order valence-corrected chi connectivity index (χ4v) is 2.36. The van der Waals surface area contributed by atoms with Crippen molar-refractivity contribution in [3.63, 3.8) is 0 Å². The molecule has 0 radical (unpaired) electrons. The van der Waals surface area contributed by atoms with Gasteiger partial charge in [0.25, 0.3) is 0 Å². The highest BCUT2D eigenvalue weighted by atomic mass is 127. The minimum absolute atomic E-state index is 0.678. The van der Waals surface area contributed by atoms with E-state index in [1.54, 1.807) is 6.20 Å². The first-order valence-electron chi connectivity index (χ1n) is 5.64. The molecule has 1 N–H and O–H groups in total. The highest BCUT2D eigenvalue weighted by molar-refractivity contribution is 14.1. The zero-order valence-electron chi connectivity index (χ0n) is 9.56. The number of halogens is 1. The average Bonchev–Trinajstić information content (AvgIpc) is 2.82. The van der Waals surface area contributed by atoms with Crippen molar-refractivity contribution in [2.24, 2.45) is 0 Å². The Balaban J connectivity index is 1.86. The number of pyridine rings is 1. The van der Waals surface area contributed by atoms with Gasteiger partial charge in [0.1, 0.15) is 5.76 Å². The van der Waals surface area contributed by atoms with E-state index in [0.717, 1.165) is 20.6 Å². The summed E-state index contributed by atoms with van der Waals surface area (Å²) < 4.78 is 6.43. The van der Waals surface area contributed by atoms with Gasteiger partial charge in [0.2, 0.25) is 0 Å². The Morgan fingerprint density at radius 1 is 1.17 bits per heavy atom. The van der Waals surface area contributed by atoms with E-state index in [0.29, 0.717) is 6.54 Å². The zero-order valence-corrected chi connectivity index (χ0v) is 11.7. The van der Waals surface area contributed by atoms with Gasteiger partial charge in [0.15, 0.2) is 3.77 Å². The minimum atomic E-state index is 0.678. The fraction of sp³-hybridized carbons (Fsp3) is 0.0714. The number of anilines is 1. The molecule has 90 valence electrons. The highest BCUT2D eigenvalue weighted by Gasteiger charge is 2.02. The fourth-order valence-electron chi connectivity index (χ4n) is 1.90. The molecule has 4 heteroatoms. The van der Waals surface area contributed by atoms with Crippen molar-refractivity contribution in [2.75, 3.05) is 5.32 Å². The van der Waals surface area contributed by atoms with Crippen LogP contribution in [0.1, 0.15) is 5.76 Å². The second-order valence-electron chi connectivity index (χ2n) is 3.96. The van der Waals surface area contributed by atoms with Crippen LogP contribution >= 0.6 is 22.6 Å². The van der Waals surface area contributed by atoms with Gasteiger partial charge in [-0.2, -0.15) is 0 Å². The van der Waals surface area contributed by atoms with Crippen molar-refractivity contribution >= 4 is 39.1 Å². The summed E-state index contributed by atoms with van der Waals surface area (Å²) in [5, 5.41) is 5.69. The second kappa shape index (κ2) is 4.97. The molecular formula is C14H11IN2O. The maximum Gasteiger partial charge on any atom is 0.164 e. The lowest BCUT2D eigenvalue weighted by Crippen LogP contribution is -1.98. The van der Waals surface area contributed by atoms with Crippen LogP contribution in [0.25, 0.3) is 10.8 Å². The summed E-state index contributed by atoms with van der Waals surface area (Å²) in [6, 6.07) is 12.1. The van der Waals surface area contributed by atoms with Crippen LogP contribution in [0.15, 0.2) is 53.2 Å². The zero-order chi connectivity index (χ0) is 12.4. The van der Waals surface area contributed by atoms with E-state index in [9.17, 15) is 0 Å². The van der Waals surface area contributed by atoms with E-state index in [1.807, 2.05) is 30.5 Å². The molecule has 3 aromatic rings. The molecule has 3 nitrogen and oxygen atoms in total. The molecule has 0 aliphatic rings. The van der Waals surface area contributed by atoms with Crippen molar-refractivity contribution in [2.45, 2.75) is 6.54 Å². The largest absolute Gasteiger partial charge is 0.454 e. The van der Waals surface area contributed by atoms with Crippen LogP contribution in [0.5, 0.6) is 0 Å². The number of hydrogen-bond acceptors (Lipinski definition) is 3. The molecule has 0 atom stereocenters. The quantitative estimate of drug-likeness (QED) is 0.725. The molecule has 1 aromatic carbocycles. The van der Waals surface area contributed by atoms with Crippen LogP contribution in [0.3, 0.4) is 0 Å². The van der Waals surface area contributed by atoms with Gasteiger partial charge in [0, 0.05) is 23.5 Å². The maximum atomic E-state index is 5.53. The first-order valence-corrected chi connectivity index (χ1v) is 6.71. The molecule has 0 aliphatic carbocycles. The summed E-state index contributed by atoms with van der Waals surface area (Å²) in [5.41, 5.74) is 1.08. The van der Waals surface area contributed by atoms with Crippen LogP contribution in [0, 0.1) is 3.77 Å². The summed E-state index contributed by atoms with van der Waals surface area (Å²) in [7, 11) is 0. The van der Waals surface area contributed by atoms with Crippen molar-refractivity contribution in [3.8, 4) is 0 Å². The Labute approximate surface area is 118 Å². The first-order chi connectivity index (χ1) is 8.83. The number of nitrogens with zero attached hydrogens (tertiary/aromatic N) is 1. The summed E-state index contributed by atoms with van der Waals surface area (Å²) >= 11 is 2.16. The molecule has 0 saturated carbocycles. The van der Waals surface area contributed by atoms with Crippen molar-refractivity contribution in [1.29, 1.82) is 0 Å². The van der Waals surface area contributed by atoms with Crippen LogP contribution in [-0.4, -0.2) is 4.98 Å². The van der Waals surface area contributed by atoms with Gasteiger partial charge in [-0.1, -0.05) is 12.1 Å². The minimum Gasteiger partial charge on any atom is -0.454 e. The number of hydrogen-bond donors (Lipinski definition) is 1. The number of fused-ring (bicyclic) bond motifs is 1. The number of nitrogens with one attached hydrogen (secondary N) is 1. The number of benzene rings is 1. The lowest BCUT2D eigenvalue weighted by molar-refractivity contribution is 0.493. The number of furan rings is 1. The predicted octanol–water partition coefficient (Wildman–Crippen LogP) is 4.04. The van der Waals surface area contributed by atoms with Gasteiger partial charge in [0.05, 0.1) is 6.54 Å². The van der Waals surface area contributed by atoms with Crippen molar-refractivity contribution < 1.29 is 4.42 Å². The molecule has 3 rings (SSSR count). The topological polar surface area (TPSA) is 38.1 Å². The van der Waals surface area contributed by atoms with Crippen molar-refractivity contribution in [3.05, 3.63) is 58.3 Å². The maximum absolute atomic E-state index is 5.53. The third kappa shape index (κ3) is 2.33. The Hall–Kier alpha value is -1.56. The highest BCUT2D eigenvalue weighted by Crippen LogP contribution is 2.22. The Morgan fingerprint density at radius 3 is 2.94 bits per heavy atom. The van der Waals surface area contributed by atoms with E-state index < -0.39 is 0 Å². The molecule has 0 fully saturated rings. The third-order valence-electron chi connectivity index (χ3n) is 2.77. The molecule has 18 heavy (non-hydrogen) atoms. The van der Waals surface area contributed by atoms with E-state index in [2.05, 4.69) is 45.0 Å². The van der Waals surface area contributed by atoms with Gasteiger partial charge >= 0.3 is 0 Å². The van der Waals surface area contributed by atoms with Crippen LogP contribution in [-0.2, 0) is 6.54 Å². The summed E-state index contributed by atoms with van der Waals surface area (Å²) in [6.07, 6.45) is 3.69. The lowest BCUT2D eigenvalue weighted by Gasteiger charge is -2.07. The number of rotatable bonds is 3. The Kier molecular flexibility index (Phi) is 3.19. The summed E-state index contributed by atoms with van der Waals surface area (Å²) in [5.74, 6) is 0.931. The van der Waals surface area contributed by atoms with Crippen LogP contribution in [0.2, 0.25) is 0 Å². The van der Waals surface area contributed by atoms with Gasteiger partial charge in [-0.25, -0.2) is 0 Å². The van der Waals surface area contributed by atoms with Crippen LogP contribution < -0.4 is 5.32 Å². The standard InChI is InChI=1S/C14H11IN2O/c15-14-5-4-11(18-14)8-17-13-3-1-2-10-6-7-16-9-12(10)13/h1-7,9,17H,8H2. The van der Waals surface area contributed by atoms with Gasteiger partial charge in [-0.15, -0.1) is 0 Å². The SMILES string of the molecule is Ic1ccc(CNc2cccc3ccncc23)o1. The molecule has 0 bridgehead atoms. The van der Waals surface area contributed by atoms with E-state index in [-0.39, 0.29) is 0 Å². The first kappa shape index (κ1) is 11.5. The molecule has 2 heterocycles. The van der Waals surface area contributed by atoms with Crippen molar-refractivity contribution in [1.82, 2.24) is 4.98 Å². The molecule has 0 spiro atoms. The smallest absolute Gasteiger partial charge is 0.164 e. The van der Waals surface area contributed by atoms with Gasteiger partial charge < -0.3 is 9.73 Å². The predicted molar refractivity (Wildman–Crippen MR) is 80.5 cm³/mol. The average molecular weight is 350 g/mol. The van der Waals surface area contributed by atoms with Gasteiger partial charge in [-0.05, 0) is 52.2 Å². The summed E-state index contributed by atoms with van der Waals surface area (Å²) in [6.45, 7) is 0.678. The van der Waals surface area contributed by atoms with Gasteiger partial charge in [-0.3, -0.25) is 4.98 Å².